The van der Waals surface area contributed by atoms with E-state index in [1.807, 2.05) is 0 Å². The molecule has 0 aromatic carbocycles. The standard InChI is InChI=1S/C10H21.Cd.ClH/c1-3-5-7-9-10-8-6-4-2;;/h1,3-10H2,2H3;;1H/q-1;+2;/p-1. The average Bonchev–Trinajstić information content (AvgIpc) is 1.97. The van der Waals surface area contributed by atoms with Gasteiger partial charge < -0.3 is 19.3 Å². The van der Waals surface area contributed by atoms with Crippen LogP contribution in [0.5, 0.6) is 0 Å². The second-order valence-corrected chi connectivity index (χ2v) is 2.97. The van der Waals surface area contributed by atoms with Gasteiger partial charge in [0.2, 0.25) is 0 Å². The molecule has 0 nitrogen and oxygen atoms in total. The molecule has 0 fully saturated rings. The van der Waals surface area contributed by atoms with Crippen molar-refractivity contribution >= 4 is 0 Å². The maximum atomic E-state index is 3.82. The molecule has 0 bridgehead atoms. The SMILES string of the molecule is [CH2-]CCCCCCCCC.[Cd+2].[Cl-]. The van der Waals surface area contributed by atoms with Gasteiger partial charge >= 0.3 is 27.3 Å². The molecule has 0 aliphatic heterocycles. The predicted octanol–water partition coefficient (Wildman–Crippen LogP) is 0.963. The fourth-order valence-corrected chi connectivity index (χ4v) is 1.13. The van der Waals surface area contributed by atoms with Gasteiger partial charge in [0, 0.05) is 0 Å². The third kappa shape index (κ3) is 17.3. The van der Waals surface area contributed by atoms with E-state index in [9.17, 15) is 0 Å². The van der Waals surface area contributed by atoms with Crippen LogP contribution < -0.4 is 12.4 Å². The van der Waals surface area contributed by atoms with Crippen LogP contribution in [0, 0.1) is 6.92 Å². The average molecular weight is 289 g/mol. The molecule has 0 unspecified atom stereocenters. The Morgan fingerprint density at radius 3 is 1.67 bits per heavy atom. The Balaban J connectivity index is -0.000000405. The second-order valence-electron chi connectivity index (χ2n) is 2.97. The van der Waals surface area contributed by atoms with Crippen LogP contribution in [-0.4, -0.2) is 0 Å². The summed E-state index contributed by atoms with van der Waals surface area (Å²) in [5.74, 6) is 0. The molecule has 0 saturated carbocycles. The van der Waals surface area contributed by atoms with E-state index in [2.05, 4.69) is 13.8 Å². The quantitative estimate of drug-likeness (QED) is 0.372. The Morgan fingerprint density at radius 2 is 1.25 bits per heavy atom. The molecule has 0 spiro atoms. The minimum atomic E-state index is 0. The van der Waals surface area contributed by atoms with Crippen LogP contribution >= 0.6 is 0 Å². The van der Waals surface area contributed by atoms with Gasteiger partial charge in [0.15, 0.2) is 0 Å². The minimum Gasteiger partial charge on any atom is -1.00 e. The summed E-state index contributed by atoms with van der Waals surface area (Å²) in [6, 6.07) is 0. The van der Waals surface area contributed by atoms with Crippen molar-refractivity contribution in [2.75, 3.05) is 0 Å². The van der Waals surface area contributed by atoms with Crippen molar-refractivity contribution in [1.29, 1.82) is 0 Å². The van der Waals surface area contributed by atoms with E-state index in [4.69, 9.17) is 0 Å². The van der Waals surface area contributed by atoms with E-state index >= 15 is 0 Å². The van der Waals surface area contributed by atoms with Crippen molar-refractivity contribution in [3.63, 3.8) is 0 Å². The van der Waals surface area contributed by atoms with Crippen molar-refractivity contribution in [1.82, 2.24) is 0 Å². The maximum absolute atomic E-state index is 3.82. The summed E-state index contributed by atoms with van der Waals surface area (Å²) >= 11 is 0. The molecule has 0 aliphatic rings. The van der Waals surface area contributed by atoms with Crippen molar-refractivity contribution in [2.24, 2.45) is 0 Å². The monoisotopic (exact) mass is 290 g/mol. The number of rotatable bonds is 7. The Hall–Kier alpha value is 1.21. The van der Waals surface area contributed by atoms with Gasteiger partial charge in [0.25, 0.3) is 0 Å². The van der Waals surface area contributed by atoms with Crippen molar-refractivity contribution in [3.05, 3.63) is 6.92 Å². The molecule has 0 aromatic heterocycles. The zero-order valence-electron chi connectivity index (χ0n) is 8.45. The summed E-state index contributed by atoms with van der Waals surface area (Å²) in [5, 5.41) is 0. The Kier molecular flexibility index (Phi) is 28.5. The summed E-state index contributed by atoms with van der Waals surface area (Å²) in [7, 11) is 0. The first-order valence-electron chi connectivity index (χ1n) is 4.71. The molecule has 0 rings (SSSR count). The second kappa shape index (κ2) is 18.1. The molecular formula is C10H21CdCl. The third-order valence-corrected chi connectivity index (χ3v) is 1.85. The summed E-state index contributed by atoms with van der Waals surface area (Å²) in [5.41, 5.74) is 0. The minimum absolute atomic E-state index is 0. The fraction of sp³-hybridized carbons (Fsp3) is 0.900. The van der Waals surface area contributed by atoms with Gasteiger partial charge in [-0.3, -0.25) is 0 Å². The van der Waals surface area contributed by atoms with Crippen LogP contribution in [-0.2, 0) is 27.3 Å². The molecule has 0 aromatic rings. The molecule has 12 heavy (non-hydrogen) atoms. The molecule has 2 heteroatoms. The first-order valence-corrected chi connectivity index (χ1v) is 4.71. The Bertz CT molecular complexity index is 49.8. The first kappa shape index (κ1) is 18.9. The van der Waals surface area contributed by atoms with Gasteiger partial charge in [-0.1, -0.05) is 51.9 Å². The number of hydrogen-bond acceptors (Lipinski definition) is 0. The van der Waals surface area contributed by atoms with Crippen molar-refractivity contribution in [3.8, 4) is 0 Å². The summed E-state index contributed by atoms with van der Waals surface area (Å²) in [6.45, 7) is 6.08. The fourth-order valence-electron chi connectivity index (χ4n) is 1.13. The van der Waals surface area contributed by atoms with Crippen LogP contribution in [0.2, 0.25) is 0 Å². The topological polar surface area (TPSA) is 0 Å². The maximum Gasteiger partial charge on any atom is 2.00 e. The van der Waals surface area contributed by atoms with Gasteiger partial charge in [-0.2, -0.15) is 6.42 Å². The van der Waals surface area contributed by atoms with E-state index in [0.29, 0.717) is 0 Å². The van der Waals surface area contributed by atoms with Crippen molar-refractivity contribution < 1.29 is 39.7 Å². The summed E-state index contributed by atoms with van der Waals surface area (Å²) < 4.78 is 0. The van der Waals surface area contributed by atoms with E-state index in [0.717, 1.165) is 6.42 Å². The molecular weight excluding hydrogens is 268 g/mol. The normalized spacial score (nSPS) is 8.50. The Labute approximate surface area is 104 Å². The van der Waals surface area contributed by atoms with Gasteiger partial charge in [-0.15, -0.1) is 0 Å². The zero-order chi connectivity index (χ0) is 7.66. The molecule has 0 atom stereocenters. The molecule has 0 radical (unpaired) electrons. The van der Waals surface area contributed by atoms with Gasteiger partial charge in [-0.25, -0.2) is 0 Å². The van der Waals surface area contributed by atoms with E-state index in [1.54, 1.807) is 0 Å². The van der Waals surface area contributed by atoms with Crippen LogP contribution in [0.3, 0.4) is 0 Å². The molecule has 0 heterocycles. The smallest absolute Gasteiger partial charge is 1.00 e. The molecule has 0 N–H and O–H groups in total. The first-order chi connectivity index (χ1) is 4.91. The van der Waals surface area contributed by atoms with Crippen LogP contribution in [0.4, 0.5) is 0 Å². The molecule has 0 amide bonds. The van der Waals surface area contributed by atoms with Crippen molar-refractivity contribution in [2.45, 2.75) is 58.3 Å². The molecule has 0 saturated heterocycles. The molecule has 0 aliphatic carbocycles. The number of halogens is 1. The van der Waals surface area contributed by atoms with E-state index < -0.39 is 0 Å². The van der Waals surface area contributed by atoms with Crippen LogP contribution in [0.25, 0.3) is 0 Å². The Morgan fingerprint density at radius 1 is 0.833 bits per heavy atom. The summed E-state index contributed by atoms with van der Waals surface area (Å²) in [4.78, 5) is 0. The van der Waals surface area contributed by atoms with E-state index in [-0.39, 0.29) is 39.7 Å². The van der Waals surface area contributed by atoms with Crippen LogP contribution in [0.15, 0.2) is 0 Å². The van der Waals surface area contributed by atoms with Gasteiger partial charge in [-0.05, 0) is 0 Å². The largest absolute Gasteiger partial charge is 2.00 e. The predicted molar refractivity (Wildman–Crippen MR) is 48.0 cm³/mol. The number of hydrogen-bond donors (Lipinski definition) is 0. The zero-order valence-corrected chi connectivity index (χ0v) is 13.2. The summed E-state index contributed by atoms with van der Waals surface area (Å²) in [6.07, 6.45) is 10.9. The van der Waals surface area contributed by atoms with Gasteiger partial charge in [0.1, 0.15) is 0 Å². The number of unbranched alkanes of at least 4 members (excludes halogenated alkanes) is 7. The van der Waals surface area contributed by atoms with Gasteiger partial charge in [0.05, 0.1) is 0 Å². The third-order valence-electron chi connectivity index (χ3n) is 1.85. The molecule has 70 valence electrons. The van der Waals surface area contributed by atoms with E-state index in [1.165, 1.54) is 44.9 Å². The van der Waals surface area contributed by atoms with Crippen LogP contribution in [0.1, 0.15) is 58.3 Å².